The number of imide groups is 1. The number of hydrazone groups is 1. The molecule has 27 heavy (non-hydrogen) atoms. The molecular weight excluding hydrogens is 364 g/mol. The Labute approximate surface area is 161 Å². The minimum Gasteiger partial charge on any atom is -0.455 e. The van der Waals surface area contributed by atoms with Gasteiger partial charge in [0.2, 0.25) is 0 Å². The molecule has 0 N–H and O–H groups in total. The smallest absolute Gasteiger partial charge is 0.254 e. The molecule has 2 aliphatic carbocycles. The summed E-state index contributed by atoms with van der Waals surface area (Å²) in [6.07, 6.45) is 6.47. The molecule has 1 aromatic heterocycles. The van der Waals surface area contributed by atoms with Crippen LogP contribution in [0.5, 0.6) is 0 Å². The summed E-state index contributed by atoms with van der Waals surface area (Å²) in [5, 5.41) is 5.80. The van der Waals surface area contributed by atoms with E-state index in [2.05, 4.69) is 17.3 Å². The van der Waals surface area contributed by atoms with Crippen LogP contribution in [0.15, 0.2) is 52.0 Å². The number of halogens is 1. The van der Waals surface area contributed by atoms with Crippen LogP contribution in [0.1, 0.15) is 17.7 Å². The van der Waals surface area contributed by atoms with Gasteiger partial charge in [-0.3, -0.25) is 9.59 Å². The molecule has 0 unspecified atom stereocenters. The number of hydrogen-bond donors (Lipinski definition) is 0. The minimum atomic E-state index is -0.245. The number of carbonyl (C=O) groups is 2. The van der Waals surface area contributed by atoms with Crippen molar-refractivity contribution < 1.29 is 14.0 Å². The lowest BCUT2D eigenvalue weighted by Crippen LogP contribution is -2.28. The highest BCUT2D eigenvalue weighted by atomic mass is 35.5. The molecule has 2 heterocycles. The number of benzene rings is 1. The quantitative estimate of drug-likeness (QED) is 0.458. The number of aryl methyl sites for hydroxylation is 1. The van der Waals surface area contributed by atoms with E-state index in [1.807, 2.05) is 31.2 Å². The molecule has 5 nitrogen and oxygen atoms in total. The molecule has 1 aromatic carbocycles. The standard InChI is InChI=1S/C21H17ClN2O3/c1-11-2-5-14(22)9-16(11)17-7-6-15(27-17)10-23-24-20(25)18-12-3-4-13(8-12)19(18)21(24)26/h2-7,9-10,12-13,18-19H,8H2,1H3/b23-10-/t12-,13-,18-,19+/m0/s1. The fourth-order valence-corrected chi connectivity index (χ4v) is 4.71. The third-order valence-electron chi connectivity index (χ3n) is 5.84. The van der Waals surface area contributed by atoms with E-state index < -0.39 is 0 Å². The highest BCUT2D eigenvalue weighted by molar-refractivity contribution is 6.30. The first-order chi connectivity index (χ1) is 13.0. The second kappa shape index (κ2) is 5.92. The summed E-state index contributed by atoms with van der Waals surface area (Å²) >= 11 is 6.07. The first-order valence-electron chi connectivity index (χ1n) is 8.99. The second-order valence-corrected chi connectivity index (χ2v) is 7.83. The topological polar surface area (TPSA) is 62.9 Å². The lowest BCUT2D eigenvalue weighted by atomic mass is 9.85. The lowest BCUT2D eigenvalue weighted by molar-refractivity contribution is -0.140. The van der Waals surface area contributed by atoms with E-state index in [0.29, 0.717) is 16.5 Å². The van der Waals surface area contributed by atoms with Crippen LogP contribution in [-0.2, 0) is 9.59 Å². The maximum Gasteiger partial charge on any atom is 0.254 e. The third-order valence-corrected chi connectivity index (χ3v) is 6.07. The van der Waals surface area contributed by atoms with Gasteiger partial charge in [-0.2, -0.15) is 10.1 Å². The van der Waals surface area contributed by atoms with Gasteiger partial charge >= 0.3 is 0 Å². The average Bonchev–Trinajstić information content (AvgIpc) is 3.41. The number of rotatable bonds is 3. The van der Waals surface area contributed by atoms with Gasteiger partial charge in [-0.05, 0) is 55.0 Å². The van der Waals surface area contributed by atoms with Gasteiger partial charge in [0.15, 0.2) is 0 Å². The van der Waals surface area contributed by atoms with Crippen molar-refractivity contribution in [3.63, 3.8) is 0 Å². The molecule has 2 amide bonds. The Morgan fingerprint density at radius 1 is 1.11 bits per heavy atom. The minimum absolute atomic E-state index is 0.178. The predicted molar refractivity (Wildman–Crippen MR) is 101 cm³/mol. The SMILES string of the molecule is Cc1ccc(Cl)cc1-c1ccc(/C=N\N2C(=O)[C@@H]3[C@H](C2=O)[C@H]2C=C[C@H]3C2)o1. The second-order valence-electron chi connectivity index (χ2n) is 7.39. The molecule has 6 heteroatoms. The molecule has 0 spiro atoms. The van der Waals surface area contributed by atoms with Gasteiger partial charge in [-0.1, -0.05) is 29.8 Å². The number of carbonyl (C=O) groups excluding carboxylic acids is 2. The van der Waals surface area contributed by atoms with Crippen LogP contribution in [-0.4, -0.2) is 23.0 Å². The van der Waals surface area contributed by atoms with Crippen molar-refractivity contribution in [2.75, 3.05) is 0 Å². The summed E-state index contributed by atoms with van der Waals surface area (Å²) in [5.41, 5.74) is 1.94. The summed E-state index contributed by atoms with van der Waals surface area (Å²) in [4.78, 5) is 25.3. The lowest BCUT2D eigenvalue weighted by Gasteiger charge is -2.13. The van der Waals surface area contributed by atoms with Crippen molar-refractivity contribution in [3.8, 4) is 11.3 Å². The van der Waals surface area contributed by atoms with E-state index in [1.165, 1.54) is 6.21 Å². The molecule has 5 rings (SSSR count). The van der Waals surface area contributed by atoms with E-state index in [-0.39, 0.29) is 35.5 Å². The molecule has 1 aliphatic heterocycles. The summed E-state index contributed by atoms with van der Waals surface area (Å²) in [6, 6.07) is 9.18. The van der Waals surface area contributed by atoms with Crippen molar-refractivity contribution >= 4 is 29.6 Å². The molecule has 2 bridgehead atoms. The maximum atomic E-state index is 12.6. The number of allylic oxidation sites excluding steroid dienone is 2. The molecule has 2 aromatic rings. The maximum absolute atomic E-state index is 12.6. The fraction of sp³-hybridized carbons (Fsp3) is 0.286. The summed E-state index contributed by atoms with van der Waals surface area (Å²) in [7, 11) is 0. The van der Waals surface area contributed by atoms with Crippen LogP contribution in [0.3, 0.4) is 0 Å². The van der Waals surface area contributed by atoms with Gasteiger partial charge in [0.25, 0.3) is 11.8 Å². The summed E-state index contributed by atoms with van der Waals surface area (Å²) in [5.74, 6) is 0.607. The number of furan rings is 1. The van der Waals surface area contributed by atoms with E-state index in [4.69, 9.17) is 16.0 Å². The van der Waals surface area contributed by atoms with Gasteiger partial charge < -0.3 is 4.42 Å². The van der Waals surface area contributed by atoms with Gasteiger partial charge in [-0.15, -0.1) is 0 Å². The van der Waals surface area contributed by atoms with Gasteiger partial charge in [0.1, 0.15) is 11.5 Å². The largest absolute Gasteiger partial charge is 0.455 e. The predicted octanol–water partition coefficient (Wildman–Crippen LogP) is 4.05. The summed E-state index contributed by atoms with van der Waals surface area (Å²) < 4.78 is 5.81. The summed E-state index contributed by atoms with van der Waals surface area (Å²) in [6.45, 7) is 1.98. The molecule has 2 fully saturated rings. The molecule has 0 radical (unpaired) electrons. The molecule has 4 atom stereocenters. The Balaban J connectivity index is 1.38. The van der Waals surface area contributed by atoms with E-state index in [0.717, 1.165) is 22.6 Å². The Morgan fingerprint density at radius 2 is 1.81 bits per heavy atom. The molecule has 1 saturated carbocycles. The number of fused-ring (bicyclic) bond motifs is 5. The Morgan fingerprint density at radius 3 is 2.52 bits per heavy atom. The number of nitrogens with zero attached hydrogens (tertiary/aromatic N) is 2. The van der Waals surface area contributed by atoms with Crippen molar-refractivity contribution in [1.82, 2.24) is 5.01 Å². The Bertz CT molecular complexity index is 992. The Kier molecular flexibility index (Phi) is 3.62. The first kappa shape index (κ1) is 16.5. The van der Waals surface area contributed by atoms with Crippen LogP contribution in [0.4, 0.5) is 0 Å². The monoisotopic (exact) mass is 380 g/mol. The molecular formula is C21H17ClN2O3. The third kappa shape index (κ3) is 2.49. The van der Waals surface area contributed by atoms with E-state index in [9.17, 15) is 9.59 Å². The average molecular weight is 381 g/mol. The zero-order valence-corrected chi connectivity index (χ0v) is 15.4. The highest BCUT2D eigenvalue weighted by Crippen LogP contribution is 2.52. The molecule has 136 valence electrons. The van der Waals surface area contributed by atoms with Crippen LogP contribution in [0.2, 0.25) is 5.02 Å². The van der Waals surface area contributed by atoms with E-state index in [1.54, 1.807) is 6.07 Å². The zero-order chi connectivity index (χ0) is 18.7. The molecule has 1 saturated heterocycles. The van der Waals surface area contributed by atoms with Gasteiger partial charge in [0.05, 0.1) is 18.1 Å². The van der Waals surface area contributed by atoms with Crippen molar-refractivity contribution in [2.45, 2.75) is 13.3 Å². The van der Waals surface area contributed by atoms with Crippen molar-refractivity contribution in [2.24, 2.45) is 28.8 Å². The van der Waals surface area contributed by atoms with Crippen LogP contribution < -0.4 is 0 Å². The highest BCUT2D eigenvalue weighted by Gasteiger charge is 2.59. The first-order valence-corrected chi connectivity index (χ1v) is 9.37. The number of hydrogen-bond acceptors (Lipinski definition) is 4. The zero-order valence-electron chi connectivity index (χ0n) is 14.6. The van der Waals surface area contributed by atoms with Gasteiger partial charge in [-0.25, -0.2) is 0 Å². The van der Waals surface area contributed by atoms with Crippen LogP contribution in [0, 0.1) is 30.6 Å². The van der Waals surface area contributed by atoms with Crippen LogP contribution in [0.25, 0.3) is 11.3 Å². The van der Waals surface area contributed by atoms with Gasteiger partial charge in [0, 0.05) is 10.6 Å². The van der Waals surface area contributed by atoms with E-state index >= 15 is 0 Å². The fourth-order valence-electron chi connectivity index (χ4n) is 4.54. The Hall–Kier alpha value is -2.66. The van der Waals surface area contributed by atoms with Crippen LogP contribution >= 0.6 is 11.6 Å². The molecule has 3 aliphatic rings. The van der Waals surface area contributed by atoms with Crippen molar-refractivity contribution in [1.29, 1.82) is 0 Å². The van der Waals surface area contributed by atoms with Crippen molar-refractivity contribution in [3.05, 3.63) is 58.8 Å². The normalized spacial score (nSPS) is 28.7. The number of amides is 2.